The molecule has 1 amide bonds. The van der Waals surface area contributed by atoms with Gasteiger partial charge < -0.3 is 10.4 Å². The molecule has 1 aliphatic heterocycles. The van der Waals surface area contributed by atoms with E-state index in [1.165, 1.54) is 0 Å². The molecular weight excluding hydrogens is 474 g/mol. The van der Waals surface area contributed by atoms with E-state index in [4.69, 9.17) is 16.6 Å². The molecule has 2 heterocycles. The summed E-state index contributed by atoms with van der Waals surface area (Å²) in [5.41, 5.74) is 5.24. The van der Waals surface area contributed by atoms with Crippen LogP contribution in [0.1, 0.15) is 44.5 Å². The lowest BCUT2D eigenvalue weighted by molar-refractivity contribution is 0.0696. The van der Waals surface area contributed by atoms with E-state index in [2.05, 4.69) is 17.1 Å². The SMILES string of the molecule is CCN1CC(=Cc2cccc(NC(=O)c3ccccc3Cl)c2)c2nc3ccccc3c(C(=O)O)c2C1. The minimum Gasteiger partial charge on any atom is -0.478 e. The first-order valence-corrected chi connectivity index (χ1v) is 12.1. The molecule has 7 heteroatoms. The Balaban J connectivity index is 1.56. The van der Waals surface area contributed by atoms with Crippen molar-refractivity contribution in [2.45, 2.75) is 13.5 Å². The highest BCUT2D eigenvalue weighted by Crippen LogP contribution is 2.34. The molecule has 0 fully saturated rings. The number of anilines is 1. The molecule has 0 spiro atoms. The Morgan fingerprint density at radius 2 is 1.83 bits per heavy atom. The number of benzene rings is 3. The van der Waals surface area contributed by atoms with Gasteiger partial charge in [-0.05, 0) is 54.1 Å². The molecule has 0 saturated heterocycles. The smallest absolute Gasteiger partial charge is 0.336 e. The fourth-order valence-electron chi connectivity index (χ4n) is 4.60. The van der Waals surface area contributed by atoms with Crippen LogP contribution in [0.5, 0.6) is 0 Å². The maximum absolute atomic E-state index is 12.7. The third-order valence-corrected chi connectivity index (χ3v) is 6.67. The van der Waals surface area contributed by atoms with E-state index in [1.807, 2.05) is 54.6 Å². The number of nitrogens with one attached hydrogen (secondary N) is 1. The number of para-hydroxylation sites is 1. The Kier molecular flexibility index (Phi) is 6.55. The van der Waals surface area contributed by atoms with Crippen LogP contribution in [0.15, 0.2) is 72.8 Å². The highest BCUT2D eigenvalue weighted by molar-refractivity contribution is 6.34. The van der Waals surface area contributed by atoms with Crippen molar-refractivity contribution in [3.63, 3.8) is 0 Å². The third kappa shape index (κ3) is 4.61. The molecule has 36 heavy (non-hydrogen) atoms. The van der Waals surface area contributed by atoms with Crippen LogP contribution in [0, 0.1) is 0 Å². The first-order valence-electron chi connectivity index (χ1n) is 11.7. The Morgan fingerprint density at radius 3 is 2.61 bits per heavy atom. The lowest BCUT2D eigenvalue weighted by Crippen LogP contribution is -2.31. The summed E-state index contributed by atoms with van der Waals surface area (Å²) in [5.74, 6) is -1.24. The number of carboxylic acid groups (broad SMARTS) is 1. The van der Waals surface area contributed by atoms with E-state index in [9.17, 15) is 14.7 Å². The number of hydrogen-bond donors (Lipinski definition) is 2. The molecule has 0 bridgehead atoms. The number of aromatic carboxylic acids is 1. The van der Waals surface area contributed by atoms with Crippen LogP contribution in [0.3, 0.4) is 0 Å². The predicted molar refractivity (Wildman–Crippen MR) is 143 cm³/mol. The normalized spacial score (nSPS) is 14.6. The summed E-state index contributed by atoms with van der Waals surface area (Å²) in [5, 5.41) is 14.0. The quantitative estimate of drug-likeness (QED) is 0.342. The van der Waals surface area contributed by atoms with E-state index >= 15 is 0 Å². The van der Waals surface area contributed by atoms with Crippen LogP contribution < -0.4 is 5.32 Å². The van der Waals surface area contributed by atoms with Crippen molar-refractivity contribution in [2.75, 3.05) is 18.4 Å². The summed E-state index contributed by atoms with van der Waals surface area (Å²) in [6.07, 6.45) is 2.01. The Labute approximate surface area is 213 Å². The number of rotatable bonds is 5. The number of pyridine rings is 1. The maximum Gasteiger partial charge on any atom is 0.336 e. The van der Waals surface area contributed by atoms with Crippen molar-refractivity contribution < 1.29 is 14.7 Å². The minimum absolute atomic E-state index is 0.287. The lowest BCUT2D eigenvalue weighted by atomic mass is 9.92. The van der Waals surface area contributed by atoms with Gasteiger partial charge in [0.15, 0.2) is 0 Å². The van der Waals surface area contributed by atoms with Gasteiger partial charge in [0.2, 0.25) is 0 Å². The van der Waals surface area contributed by atoms with Gasteiger partial charge in [-0.15, -0.1) is 0 Å². The Bertz CT molecular complexity index is 1530. The topological polar surface area (TPSA) is 82.5 Å². The Morgan fingerprint density at radius 1 is 1.06 bits per heavy atom. The van der Waals surface area contributed by atoms with E-state index in [-0.39, 0.29) is 5.91 Å². The molecule has 0 radical (unpaired) electrons. The molecule has 0 unspecified atom stereocenters. The Hall–Kier alpha value is -4.00. The van der Waals surface area contributed by atoms with Crippen molar-refractivity contribution >= 4 is 51.7 Å². The third-order valence-electron chi connectivity index (χ3n) is 6.34. The zero-order valence-corrected chi connectivity index (χ0v) is 20.4. The fraction of sp³-hybridized carbons (Fsp3) is 0.138. The van der Waals surface area contributed by atoms with Crippen LogP contribution in [0.4, 0.5) is 5.69 Å². The molecule has 0 aliphatic carbocycles. The first-order chi connectivity index (χ1) is 17.4. The lowest BCUT2D eigenvalue weighted by Gasteiger charge is -2.30. The van der Waals surface area contributed by atoms with Gasteiger partial charge in [-0.25, -0.2) is 9.78 Å². The van der Waals surface area contributed by atoms with Gasteiger partial charge in [-0.1, -0.05) is 61.0 Å². The predicted octanol–water partition coefficient (Wildman–Crippen LogP) is 6.21. The standard InChI is InChI=1S/C29H24ClN3O3/c1-2-33-16-19(27-23(17-33)26(29(35)36)22-11-4-6-13-25(22)32-27)14-18-8-7-9-20(15-18)31-28(34)21-10-3-5-12-24(21)30/h3-15H,2,16-17H2,1H3,(H,31,34)(H,35,36). The summed E-state index contributed by atoms with van der Waals surface area (Å²) in [6.45, 7) is 4.00. The molecule has 0 saturated carbocycles. The van der Waals surface area contributed by atoms with Crippen LogP contribution in [-0.2, 0) is 6.54 Å². The summed E-state index contributed by atoms with van der Waals surface area (Å²) in [6, 6.07) is 21.8. The number of carboxylic acids is 1. The van der Waals surface area contributed by atoms with Gasteiger partial charge in [-0.2, -0.15) is 0 Å². The van der Waals surface area contributed by atoms with Gasteiger partial charge in [0.1, 0.15) is 0 Å². The average molecular weight is 498 g/mol. The van der Waals surface area contributed by atoms with Crippen LogP contribution in [0.25, 0.3) is 22.6 Å². The van der Waals surface area contributed by atoms with Crippen molar-refractivity contribution in [3.05, 3.63) is 106 Å². The van der Waals surface area contributed by atoms with Gasteiger partial charge in [0.05, 0.1) is 27.4 Å². The van der Waals surface area contributed by atoms with Gasteiger partial charge in [0.25, 0.3) is 5.91 Å². The average Bonchev–Trinajstić information content (AvgIpc) is 2.87. The number of amides is 1. The van der Waals surface area contributed by atoms with E-state index in [0.29, 0.717) is 51.5 Å². The van der Waals surface area contributed by atoms with E-state index in [0.717, 1.165) is 23.2 Å². The maximum atomic E-state index is 12.7. The number of carbonyl (C=O) groups excluding carboxylic acids is 1. The second-order valence-corrected chi connectivity index (χ2v) is 9.08. The van der Waals surface area contributed by atoms with Crippen LogP contribution >= 0.6 is 11.6 Å². The van der Waals surface area contributed by atoms with Crippen molar-refractivity contribution in [1.82, 2.24) is 9.88 Å². The fourth-order valence-corrected chi connectivity index (χ4v) is 4.82. The van der Waals surface area contributed by atoms with Crippen LogP contribution in [-0.4, -0.2) is 40.0 Å². The monoisotopic (exact) mass is 497 g/mol. The second kappa shape index (κ2) is 9.93. The molecule has 6 nitrogen and oxygen atoms in total. The van der Waals surface area contributed by atoms with Crippen molar-refractivity contribution in [1.29, 1.82) is 0 Å². The summed E-state index contributed by atoms with van der Waals surface area (Å²) < 4.78 is 0. The molecule has 3 aromatic carbocycles. The van der Waals surface area contributed by atoms with Gasteiger partial charge in [-0.3, -0.25) is 9.69 Å². The number of nitrogens with zero attached hydrogens (tertiary/aromatic N) is 2. The largest absolute Gasteiger partial charge is 0.478 e. The second-order valence-electron chi connectivity index (χ2n) is 8.67. The summed E-state index contributed by atoms with van der Waals surface area (Å²) >= 11 is 6.17. The molecule has 1 aliphatic rings. The zero-order valence-electron chi connectivity index (χ0n) is 19.7. The van der Waals surface area contributed by atoms with Gasteiger partial charge in [0, 0.05) is 29.7 Å². The first kappa shape index (κ1) is 23.7. The number of likely N-dealkylation sites (N-methyl/N-ethyl adjacent to an activating group) is 1. The highest BCUT2D eigenvalue weighted by atomic mass is 35.5. The molecule has 5 rings (SSSR count). The molecule has 180 valence electrons. The molecule has 4 aromatic rings. The van der Waals surface area contributed by atoms with Crippen molar-refractivity contribution in [3.8, 4) is 0 Å². The number of hydrogen-bond acceptors (Lipinski definition) is 4. The minimum atomic E-state index is -0.952. The number of halogens is 1. The van der Waals surface area contributed by atoms with Crippen LogP contribution in [0.2, 0.25) is 5.02 Å². The molecule has 1 aromatic heterocycles. The van der Waals surface area contributed by atoms with E-state index < -0.39 is 5.97 Å². The molecule has 2 N–H and O–H groups in total. The molecular formula is C29H24ClN3O3. The van der Waals surface area contributed by atoms with Gasteiger partial charge >= 0.3 is 5.97 Å². The molecule has 0 atom stereocenters. The summed E-state index contributed by atoms with van der Waals surface area (Å²) in [7, 11) is 0. The number of fused-ring (bicyclic) bond motifs is 2. The summed E-state index contributed by atoms with van der Waals surface area (Å²) in [4.78, 5) is 32.1. The van der Waals surface area contributed by atoms with Crippen molar-refractivity contribution in [2.24, 2.45) is 0 Å². The zero-order chi connectivity index (χ0) is 25.2. The van der Waals surface area contributed by atoms with E-state index in [1.54, 1.807) is 24.3 Å². The highest BCUT2D eigenvalue weighted by Gasteiger charge is 2.27. The number of aromatic nitrogens is 1. The number of carbonyl (C=O) groups is 2.